The second kappa shape index (κ2) is 5.12. The standard InChI is InChI=1S/C11H18N4O/c1-16-10-6-7-13-11(15-10)14-9-5-3-2-4-8(9)12/h6-9H,2-5,12H2,1H3,(H,13,14,15). The van der Waals surface area contributed by atoms with E-state index in [0.717, 1.165) is 12.8 Å². The molecule has 0 amide bonds. The minimum atomic E-state index is 0.198. The molecular formula is C11H18N4O. The number of aromatic nitrogens is 2. The van der Waals surface area contributed by atoms with Crippen LogP contribution in [0.15, 0.2) is 12.3 Å². The van der Waals surface area contributed by atoms with Gasteiger partial charge >= 0.3 is 0 Å². The third-order valence-corrected chi connectivity index (χ3v) is 2.97. The average molecular weight is 222 g/mol. The number of nitrogens with one attached hydrogen (secondary N) is 1. The molecule has 2 atom stereocenters. The van der Waals surface area contributed by atoms with Gasteiger partial charge in [-0.1, -0.05) is 12.8 Å². The highest BCUT2D eigenvalue weighted by Gasteiger charge is 2.22. The van der Waals surface area contributed by atoms with Crippen molar-refractivity contribution in [3.63, 3.8) is 0 Å². The van der Waals surface area contributed by atoms with Crippen LogP contribution in [0, 0.1) is 0 Å². The molecule has 1 saturated carbocycles. The molecule has 1 aliphatic carbocycles. The molecule has 88 valence electrons. The molecule has 0 aliphatic heterocycles. The predicted octanol–water partition coefficient (Wildman–Crippen LogP) is 1.17. The van der Waals surface area contributed by atoms with Crippen LogP contribution < -0.4 is 15.8 Å². The van der Waals surface area contributed by atoms with E-state index in [1.54, 1.807) is 19.4 Å². The molecule has 5 nitrogen and oxygen atoms in total. The molecule has 0 radical (unpaired) electrons. The van der Waals surface area contributed by atoms with Crippen LogP contribution in [0.2, 0.25) is 0 Å². The minimum absolute atomic E-state index is 0.198. The van der Waals surface area contributed by atoms with Crippen LogP contribution in [0.4, 0.5) is 5.95 Å². The summed E-state index contributed by atoms with van der Waals surface area (Å²) < 4.78 is 5.05. The number of nitrogens with zero attached hydrogens (tertiary/aromatic N) is 2. The van der Waals surface area contributed by atoms with E-state index in [4.69, 9.17) is 10.5 Å². The maximum absolute atomic E-state index is 6.05. The van der Waals surface area contributed by atoms with Crippen LogP contribution in [0.5, 0.6) is 5.88 Å². The first kappa shape index (κ1) is 11.1. The highest BCUT2D eigenvalue weighted by atomic mass is 16.5. The number of ether oxygens (including phenoxy) is 1. The number of rotatable bonds is 3. The van der Waals surface area contributed by atoms with Crippen molar-refractivity contribution in [2.75, 3.05) is 12.4 Å². The van der Waals surface area contributed by atoms with Crippen molar-refractivity contribution in [3.05, 3.63) is 12.3 Å². The summed E-state index contributed by atoms with van der Waals surface area (Å²) in [5.41, 5.74) is 6.05. The maximum atomic E-state index is 6.05. The summed E-state index contributed by atoms with van der Waals surface area (Å²) in [5.74, 6) is 1.17. The zero-order chi connectivity index (χ0) is 11.4. The van der Waals surface area contributed by atoms with Crippen molar-refractivity contribution < 1.29 is 4.74 Å². The lowest BCUT2D eigenvalue weighted by Crippen LogP contribution is -2.42. The van der Waals surface area contributed by atoms with Gasteiger partial charge in [0.05, 0.1) is 7.11 Å². The second-order valence-corrected chi connectivity index (χ2v) is 4.12. The van der Waals surface area contributed by atoms with Gasteiger partial charge < -0.3 is 15.8 Å². The van der Waals surface area contributed by atoms with E-state index in [1.807, 2.05) is 0 Å². The van der Waals surface area contributed by atoms with Crippen LogP contribution in [0.25, 0.3) is 0 Å². The van der Waals surface area contributed by atoms with Crippen molar-refractivity contribution in [1.82, 2.24) is 9.97 Å². The normalized spacial score (nSPS) is 25.1. The van der Waals surface area contributed by atoms with E-state index in [1.165, 1.54) is 12.8 Å². The zero-order valence-corrected chi connectivity index (χ0v) is 9.52. The van der Waals surface area contributed by atoms with Crippen LogP contribution in [-0.4, -0.2) is 29.2 Å². The van der Waals surface area contributed by atoms with Crippen LogP contribution in [0.1, 0.15) is 25.7 Å². The smallest absolute Gasteiger partial charge is 0.226 e. The molecule has 5 heteroatoms. The van der Waals surface area contributed by atoms with Crippen LogP contribution in [0.3, 0.4) is 0 Å². The van der Waals surface area contributed by atoms with Crippen molar-refractivity contribution in [2.45, 2.75) is 37.8 Å². The Labute approximate surface area is 95.4 Å². The van der Waals surface area contributed by atoms with E-state index in [0.29, 0.717) is 11.8 Å². The molecule has 0 saturated heterocycles. The average Bonchev–Trinajstić information content (AvgIpc) is 2.32. The van der Waals surface area contributed by atoms with Crippen molar-refractivity contribution in [3.8, 4) is 5.88 Å². The summed E-state index contributed by atoms with van der Waals surface area (Å²) in [6, 6.07) is 2.20. The van der Waals surface area contributed by atoms with Gasteiger partial charge in [-0.3, -0.25) is 0 Å². The summed E-state index contributed by atoms with van der Waals surface area (Å²) in [7, 11) is 1.60. The lowest BCUT2D eigenvalue weighted by molar-refractivity contribution is 0.391. The first-order chi connectivity index (χ1) is 7.79. The highest BCUT2D eigenvalue weighted by molar-refractivity contribution is 5.29. The number of anilines is 1. The quantitative estimate of drug-likeness (QED) is 0.803. The van der Waals surface area contributed by atoms with E-state index in [2.05, 4.69) is 15.3 Å². The summed E-state index contributed by atoms with van der Waals surface area (Å²) in [6.45, 7) is 0. The summed E-state index contributed by atoms with van der Waals surface area (Å²) >= 11 is 0. The molecule has 1 aliphatic rings. The lowest BCUT2D eigenvalue weighted by Gasteiger charge is -2.29. The molecule has 0 spiro atoms. The van der Waals surface area contributed by atoms with E-state index >= 15 is 0 Å². The topological polar surface area (TPSA) is 73.1 Å². The number of hydrogen-bond donors (Lipinski definition) is 2. The molecule has 0 bridgehead atoms. The molecule has 2 unspecified atom stereocenters. The van der Waals surface area contributed by atoms with Gasteiger partial charge in [-0.05, 0) is 12.8 Å². The van der Waals surface area contributed by atoms with Gasteiger partial charge in [0, 0.05) is 24.3 Å². The summed E-state index contributed by atoms with van der Waals surface area (Å²) in [6.07, 6.45) is 6.28. The van der Waals surface area contributed by atoms with Gasteiger partial charge in [-0.25, -0.2) is 4.98 Å². The second-order valence-electron chi connectivity index (χ2n) is 4.12. The fourth-order valence-electron chi connectivity index (χ4n) is 2.03. The Morgan fingerprint density at radius 1 is 1.44 bits per heavy atom. The first-order valence-corrected chi connectivity index (χ1v) is 5.69. The largest absolute Gasteiger partial charge is 0.481 e. The Morgan fingerprint density at radius 2 is 2.25 bits per heavy atom. The Kier molecular flexibility index (Phi) is 3.56. The molecule has 1 fully saturated rings. The summed E-state index contributed by atoms with van der Waals surface area (Å²) in [5, 5.41) is 3.28. The van der Waals surface area contributed by atoms with Crippen molar-refractivity contribution >= 4 is 5.95 Å². The fourth-order valence-corrected chi connectivity index (χ4v) is 2.03. The van der Waals surface area contributed by atoms with E-state index < -0.39 is 0 Å². The number of methoxy groups -OCH3 is 1. The van der Waals surface area contributed by atoms with Gasteiger partial charge in [0.2, 0.25) is 11.8 Å². The molecule has 1 heterocycles. The molecule has 0 aromatic carbocycles. The Balaban J connectivity index is 2.01. The predicted molar refractivity (Wildman–Crippen MR) is 62.4 cm³/mol. The van der Waals surface area contributed by atoms with E-state index in [9.17, 15) is 0 Å². The molecule has 3 N–H and O–H groups in total. The van der Waals surface area contributed by atoms with Gasteiger partial charge in [-0.15, -0.1) is 0 Å². The van der Waals surface area contributed by atoms with Crippen molar-refractivity contribution in [2.24, 2.45) is 5.73 Å². The Hall–Kier alpha value is -1.36. The zero-order valence-electron chi connectivity index (χ0n) is 9.52. The third-order valence-electron chi connectivity index (χ3n) is 2.97. The van der Waals surface area contributed by atoms with Gasteiger partial charge in [0.25, 0.3) is 0 Å². The van der Waals surface area contributed by atoms with Gasteiger partial charge in [0.15, 0.2) is 0 Å². The first-order valence-electron chi connectivity index (χ1n) is 5.69. The van der Waals surface area contributed by atoms with Crippen molar-refractivity contribution in [1.29, 1.82) is 0 Å². The lowest BCUT2D eigenvalue weighted by atomic mass is 9.91. The highest BCUT2D eigenvalue weighted by Crippen LogP contribution is 2.20. The Morgan fingerprint density at radius 3 is 3.00 bits per heavy atom. The molecule has 2 rings (SSSR count). The van der Waals surface area contributed by atoms with Crippen LogP contribution >= 0.6 is 0 Å². The molecular weight excluding hydrogens is 204 g/mol. The fraction of sp³-hybridized carbons (Fsp3) is 0.636. The molecule has 1 aromatic heterocycles. The SMILES string of the molecule is COc1ccnc(NC2CCCCC2N)n1. The molecule has 1 aromatic rings. The van der Waals surface area contributed by atoms with Crippen LogP contribution in [-0.2, 0) is 0 Å². The van der Waals surface area contributed by atoms with Gasteiger partial charge in [0.1, 0.15) is 0 Å². The third kappa shape index (κ3) is 2.61. The summed E-state index contributed by atoms with van der Waals surface area (Å²) in [4.78, 5) is 8.38. The molecule has 16 heavy (non-hydrogen) atoms. The Bertz CT molecular complexity index is 345. The number of hydrogen-bond acceptors (Lipinski definition) is 5. The maximum Gasteiger partial charge on any atom is 0.226 e. The minimum Gasteiger partial charge on any atom is -0.481 e. The van der Waals surface area contributed by atoms with E-state index in [-0.39, 0.29) is 12.1 Å². The monoisotopic (exact) mass is 222 g/mol. The number of nitrogens with two attached hydrogens (primary N) is 1. The van der Waals surface area contributed by atoms with Gasteiger partial charge in [-0.2, -0.15) is 4.98 Å².